The third-order valence-electron chi connectivity index (χ3n) is 4.61. The Bertz CT molecular complexity index is 252. The van der Waals surface area contributed by atoms with Gasteiger partial charge < -0.3 is 5.11 Å². The fraction of sp³-hybridized carbons (Fsp3) is 0.857. The normalized spacial score (nSPS) is 35.3. The number of allylic oxidation sites excluding steroid dienone is 2. The largest absolute Gasteiger partial charge is 0.396 e. The van der Waals surface area contributed by atoms with E-state index in [9.17, 15) is 0 Å². The number of fused-ring (bicyclic) bond motifs is 2. The number of hydrogen-bond acceptors (Lipinski definition) is 1. The molecule has 2 rings (SSSR count). The molecule has 2 unspecified atom stereocenters. The molecule has 0 amide bonds. The smallest absolute Gasteiger partial charge is 0.0431 e. The molecule has 0 aliphatic heterocycles. The van der Waals surface area contributed by atoms with Gasteiger partial charge in [0.2, 0.25) is 0 Å². The summed E-state index contributed by atoms with van der Waals surface area (Å²) in [6.45, 7) is 5.20. The maximum Gasteiger partial charge on any atom is 0.0431 e. The molecule has 0 aromatic carbocycles. The molecule has 2 fully saturated rings. The van der Waals surface area contributed by atoms with E-state index in [1.807, 2.05) is 0 Å². The molecule has 0 heterocycles. The average Bonchev–Trinajstić information content (AvgIpc) is 2.73. The SMILES string of the molecule is CC1(C)C(=CCCCCO)C2CCC1C2. The van der Waals surface area contributed by atoms with E-state index < -0.39 is 0 Å². The third-order valence-corrected chi connectivity index (χ3v) is 4.61. The molecule has 0 spiro atoms. The van der Waals surface area contributed by atoms with Crippen molar-refractivity contribution in [1.82, 2.24) is 0 Å². The predicted molar refractivity (Wildman–Crippen MR) is 63.6 cm³/mol. The quantitative estimate of drug-likeness (QED) is 0.553. The number of unbranched alkanes of at least 4 members (excludes halogenated alkanes) is 2. The second-order valence-corrected chi connectivity index (χ2v) is 5.81. The summed E-state index contributed by atoms with van der Waals surface area (Å²) in [5.74, 6) is 1.85. The van der Waals surface area contributed by atoms with Crippen molar-refractivity contribution >= 4 is 0 Å². The summed E-state index contributed by atoms with van der Waals surface area (Å²) in [5.41, 5.74) is 2.21. The maximum absolute atomic E-state index is 8.75. The summed E-state index contributed by atoms with van der Waals surface area (Å²) >= 11 is 0. The van der Waals surface area contributed by atoms with E-state index in [-0.39, 0.29) is 0 Å². The highest BCUT2D eigenvalue weighted by Gasteiger charge is 2.48. The highest BCUT2D eigenvalue weighted by Crippen LogP contribution is 2.59. The van der Waals surface area contributed by atoms with Crippen molar-refractivity contribution in [2.75, 3.05) is 6.61 Å². The first-order chi connectivity index (χ1) is 7.16. The second-order valence-electron chi connectivity index (χ2n) is 5.81. The van der Waals surface area contributed by atoms with Crippen LogP contribution in [0.2, 0.25) is 0 Å². The van der Waals surface area contributed by atoms with Gasteiger partial charge >= 0.3 is 0 Å². The van der Waals surface area contributed by atoms with Gasteiger partial charge in [-0.1, -0.05) is 25.5 Å². The zero-order chi connectivity index (χ0) is 10.9. The minimum absolute atomic E-state index is 0.346. The van der Waals surface area contributed by atoms with Crippen molar-refractivity contribution in [3.63, 3.8) is 0 Å². The lowest BCUT2D eigenvalue weighted by atomic mass is 9.72. The van der Waals surface area contributed by atoms with E-state index in [0.29, 0.717) is 12.0 Å². The fourth-order valence-corrected chi connectivity index (χ4v) is 3.62. The van der Waals surface area contributed by atoms with Crippen LogP contribution in [0.3, 0.4) is 0 Å². The molecule has 1 heteroatoms. The van der Waals surface area contributed by atoms with Crippen LogP contribution in [-0.4, -0.2) is 11.7 Å². The average molecular weight is 208 g/mol. The molecule has 2 atom stereocenters. The molecule has 2 aliphatic carbocycles. The van der Waals surface area contributed by atoms with E-state index >= 15 is 0 Å². The van der Waals surface area contributed by atoms with Crippen molar-refractivity contribution in [1.29, 1.82) is 0 Å². The first-order valence-electron chi connectivity index (χ1n) is 6.47. The lowest BCUT2D eigenvalue weighted by Crippen LogP contribution is -2.22. The molecule has 2 aliphatic rings. The molecule has 0 saturated heterocycles. The van der Waals surface area contributed by atoms with Crippen LogP contribution in [0.4, 0.5) is 0 Å². The number of hydrogen-bond donors (Lipinski definition) is 1. The predicted octanol–water partition coefficient (Wildman–Crippen LogP) is 3.53. The molecule has 2 saturated carbocycles. The van der Waals surface area contributed by atoms with Gasteiger partial charge in [-0.3, -0.25) is 0 Å². The molecule has 0 aromatic heterocycles. The van der Waals surface area contributed by atoms with Crippen molar-refractivity contribution in [2.45, 2.75) is 52.4 Å². The Morgan fingerprint density at radius 2 is 2.13 bits per heavy atom. The Balaban J connectivity index is 1.96. The summed E-state index contributed by atoms with van der Waals surface area (Å²) in [7, 11) is 0. The van der Waals surface area contributed by atoms with E-state index in [1.165, 1.54) is 25.7 Å². The molecule has 0 aromatic rings. The molecular weight excluding hydrogens is 184 g/mol. The van der Waals surface area contributed by atoms with Gasteiger partial charge in [-0.25, -0.2) is 0 Å². The topological polar surface area (TPSA) is 20.2 Å². The van der Waals surface area contributed by atoms with E-state index in [2.05, 4.69) is 19.9 Å². The second kappa shape index (κ2) is 4.29. The fourth-order valence-electron chi connectivity index (χ4n) is 3.62. The standard InChI is InChI=1S/C14H24O/c1-14(2)12-8-7-11(10-12)13(14)6-4-3-5-9-15/h6,11-12,15H,3-5,7-10H2,1-2H3. The van der Waals surface area contributed by atoms with Crippen LogP contribution in [0.5, 0.6) is 0 Å². The Labute approximate surface area is 93.6 Å². The zero-order valence-corrected chi connectivity index (χ0v) is 10.1. The summed E-state index contributed by atoms with van der Waals surface area (Å²) in [6, 6.07) is 0. The van der Waals surface area contributed by atoms with Crippen LogP contribution >= 0.6 is 0 Å². The van der Waals surface area contributed by atoms with Crippen LogP contribution in [0.15, 0.2) is 11.6 Å². The Hall–Kier alpha value is -0.300. The third kappa shape index (κ3) is 1.99. The van der Waals surface area contributed by atoms with Crippen LogP contribution in [0, 0.1) is 17.3 Å². The molecule has 86 valence electrons. The van der Waals surface area contributed by atoms with Gasteiger partial charge in [0, 0.05) is 6.61 Å². The molecular formula is C14H24O. The molecule has 1 N–H and O–H groups in total. The van der Waals surface area contributed by atoms with Gasteiger partial charge in [-0.15, -0.1) is 0 Å². The first-order valence-corrected chi connectivity index (χ1v) is 6.47. The Morgan fingerprint density at radius 1 is 1.33 bits per heavy atom. The van der Waals surface area contributed by atoms with Crippen molar-refractivity contribution in [3.8, 4) is 0 Å². The van der Waals surface area contributed by atoms with Crippen molar-refractivity contribution in [2.24, 2.45) is 17.3 Å². The summed E-state index contributed by atoms with van der Waals surface area (Å²) in [5, 5.41) is 8.75. The lowest BCUT2D eigenvalue weighted by molar-refractivity contribution is 0.281. The van der Waals surface area contributed by atoms with Crippen LogP contribution < -0.4 is 0 Å². The first kappa shape index (κ1) is 11.2. The minimum Gasteiger partial charge on any atom is -0.396 e. The van der Waals surface area contributed by atoms with Gasteiger partial charge in [0.15, 0.2) is 0 Å². The zero-order valence-electron chi connectivity index (χ0n) is 10.1. The summed E-state index contributed by atoms with van der Waals surface area (Å²) in [4.78, 5) is 0. The lowest BCUT2D eigenvalue weighted by Gasteiger charge is -2.33. The van der Waals surface area contributed by atoms with Crippen molar-refractivity contribution in [3.05, 3.63) is 11.6 Å². The van der Waals surface area contributed by atoms with Crippen LogP contribution in [0.1, 0.15) is 52.4 Å². The van der Waals surface area contributed by atoms with Gasteiger partial charge in [0.1, 0.15) is 0 Å². The highest BCUT2D eigenvalue weighted by molar-refractivity contribution is 5.25. The molecule has 2 bridgehead atoms. The van der Waals surface area contributed by atoms with Crippen LogP contribution in [-0.2, 0) is 0 Å². The van der Waals surface area contributed by atoms with Crippen LogP contribution in [0.25, 0.3) is 0 Å². The molecule has 0 radical (unpaired) electrons. The number of rotatable bonds is 4. The monoisotopic (exact) mass is 208 g/mol. The van der Waals surface area contributed by atoms with Gasteiger partial charge in [-0.05, 0) is 55.8 Å². The van der Waals surface area contributed by atoms with E-state index in [0.717, 1.165) is 24.7 Å². The molecule has 15 heavy (non-hydrogen) atoms. The Kier molecular flexibility index (Phi) is 3.20. The van der Waals surface area contributed by atoms with Gasteiger partial charge in [0.25, 0.3) is 0 Å². The minimum atomic E-state index is 0.346. The summed E-state index contributed by atoms with van der Waals surface area (Å²) in [6.07, 6.45) is 10.1. The van der Waals surface area contributed by atoms with Crippen molar-refractivity contribution < 1.29 is 5.11 Å². The number of aliphatic hydroxyl groups excluding tert-OH is 1. The maximum atomic E-state index is 8.75. The molecule has 1 nitrogen and oxygen atoms in total. The van der Waals surface area contributed by atoms with E-state index in [1.54, 1.807) is 5.57 Å². The summed E-state index contributed by atoms with van der Waals surface area (Å²) < 4.78 is 0. The van der Waals surface area contributed by atoms with E-state index in [4.69, 9.17) is 5.11 Å². The number of aliphatic hydroxyl groups is 1. The van der Waals surface area contributed by atoms with Gasteiger partial charge in [0.05, 0.1) is 0 Å². The highest BCUT2D eigenvalue weighted by atomic mass is 16.2. The van der Waals surface area contributed by atoms with Gasteiger partial charge in [-0.2, -0.15) is 0 Å². The Morgan fingerprint density at radius 3 is 2.73 bits per heavy atom.